The molecule has 1 atom stereocenters. The minimum absolute atomic E-state index is 0.304. The van der Waals surface area contributed by atoms with Crippen LogP contribution in [0, 0.1) is 5.41 Å². The maximum absolute atomic E-state index is 10.2. The second-order valence-corrected chi connectivity index (χ2v) is 6.29. The Hall–Kier alpha value is -0.730. The van der Waals surface area contributed by atoms with Gasteiger partial charge in [-0.3, -0.25) is 0 Å². The van der Waals surface area contributed by atoms with E-state index in [2.05, 4.69) is 20.8 Å². The number of aliphatic hydroxyl groups is 1. The molecule has 102 valence electrons. The van der Waals surface area contributed by atoms with Crippen molar-refractivity contribution < 1.29 is 9.84 Å². The molecule has 0 aliphatic carbocycles. The van der Waals surface area contributed by atoms with Crippen LogP contribution in [0.5, 0.6) is 5.75 Å². The van der Waals surface area contributed by atoms with Crippen LogP contribution in [0.1, 0.15) is 51.7 Å². The molecule has 1 aromatic rings. The van der Waals surface area contributed by atoms with Crippen LogP contribution in [-0.4, -0.2) is 12.2 Å². The maximum atomic E-state index is 10.2. The fraction of sp³-hybridized carbons (Fsp3) is 0.600. The highest BCUT2D eigenvalue weighted by atomic mass is 35.5. The van der Waals surface area contributed by atoms with Gasteiger partial charge in [0, 0.05) is 10.6 Å². The largest absolute Gasteiger partial charge is 0.496 e. The summed E-state index contributed by atoms with van der Waals surface area (Å²) in [5.74, 6) is 0.697. The minimum Gasteiger partial charge on any atom is -0.496 e. The third-order valence-corrected chi connectivity index (χ3v) is 3.19. The van der Waals surface area contributed by atoms with Crippen LogP contribution in [0.25, 0.3) is 0 Å². The Bertz CT molecular complexity index is 383. The van der Waals surface area contributed by atoms with E-state index in [1.54, 1.807) is 25.3 Å². The van der Waals surface area contributed by atoms with E-state index >= 15 is 0 Å². The molecule has 1 aromatic carbocycles. The smallest absolute Gasteiger partial charge is 0.124 e. The molecule has 0 aromatic heterocycles. The summed E-state index contributed by atoms with van der Waals surface area (Å²) in [6, 6.07) is 5.35. The summed E-state index contributed by atoms with van der Waals surface area (Å²) in [5, 5.41) is 10.8. The predicted molar refractivity (Wildman–Crippen MR) is 76.3 cm³/mol. The Balaban J connectivity index is 2.66. The first kappa shape index (κ1) is 15.3. The lowest BCUT2D eigenvalue weighted by Crippen LogP contribution is -2.06. The first-order valence-corrected chi connectivity index (χ1v) is 6.73. The highest BCUT2D eigenvalue weighted by Gasteiger charge is 2.16. The summed E-state index contributed by atoms with van der Waals surface area (Å²) in [6.45, 7) is 6.62. The van der Waals surface area contributed by atoms with Crippen molar-refractivity contribution in [3.63, 3.8) is 0 Å². The van der Waals surface area contributed by atoms with Crippen LogP contribution in [-0.2, 0) is 0 Å². The van der Waals surface area contributed by atoms with E-state index in [9.17, 15) is 5.11 Å². The number of hydrogen-bond donors (Lipinski definition) is 1. The van der Waals surface area contributed by atoms with Gasteiger partial charge in [0.1, 0.15) is 5.75 Å². The average Bonchev–Trinajstić information content (AvgIpc) is 2.27. The van der Waals surface area contributed by atoms with Gasteiger partial charge in [0.25, 0.3) is 0 Å². The van der Waals surface area contributed by atoms with E-state index in [0.717, 1.165) is 24.8 Å². The zero-order valence-electron chi connectivity index (χ0n) is 11.7. The van der Waals surface area contributed by atoms with Crippen molar-refractivity contribution in [2.75, 3.05) is 7.11 Å². The highest BCUT2D eigenvalue weighted by molar-refractivity contribution is 6.30. The van der Waals surface area contributed by atoms with Gasteiger partial charge in [-0.15, -0.1) is 0 Å². The molecule has 3 heteroatoms. The molecule has 0 fully saturated rings. The summed E-state index contributed by atoms with van der Waals surface area (Å²) in [4.78, 5) is 0. The van der Waals surface area contributed by atoms with E-state index in [1.807, 2.05) is 0 Å². The monoisotopic (exact) mass is 270 g/mol. The molecule has 0 aliphatic rings. The Labute approximate surface area is 115 Å². The standard InChI is InChI=1S/C15H23ClO2/c1-15(2,3)9-5-6-13(17)12-10-11(16)7-8-14(12)18-4/h7-8,10,13,17H,5-6,9H2,1-4H3. The molecule has 2 nitrogen and oxygen atoms in total. The van der Waals surface area contributed by atoms with Crippen molar-refractivity contribution in [1.82, 2.24) is 0 Å². The van der Waals surface area contributed by atoms with Gasteiger partial charge in [-0.1, -0.05) is 38.8 Å². The second kappa shape index (κ2) is 6.44. The van der Waals surface area contributed by atoms with Crippen molar-refractivity contribution in [2.24, 2.45) is 5.41 Å². The van der Waals surface area contributed by atoms with Crippen LogP contribution in [0.2, 0.25) is 5.02 Å². The third-order valence-electron chi connectivity index (χ3n) is 2.96. The normalized spacial score (nSPS) is 13.4. The molecule has 1 N–H and O–H groups in total. The fourth-order valence-electron chi connectivity index (χ4n) is 1.95. The van der Waals surface area contributed by atoms with E-state index < -0.39 is 6.10 Å². The summed E-state index contributed by atoms with van der Waals surface area (Å²) >= 11 is 5.96. The van der Waals surface area contributed by atoms with Gasteiger partial charge < -0.3 is 9.84 Å². The number of rotatable bonds is 5. The number of ether oxygens (including phenoxy) is 1. The van der Waals surface area contributed by atoms with Gasteiger partial charge in [0.15, 0.2) is 0 Å². The quantitative estimate of drug-likeness (QED) is 0.847. The van der Waals surface area contributed by atoms with Gasteiger partial charge in [-0.05, 0) is 36.5 Å². The Morgan fingerprint density at radius 3 is 2.56 bits per heavy atom. The minimum atomic E-state index is -0.513. The van der Waals surface area contributed by atoms with Crippen molar-refractivity contribution in [3.05, 3.63) is 28.8 Å². The summed E-state index contributed by atoms with van der Waals surface area (Å²) in [5.41, 5.74) is 1.08. The lowest BCUT2D eigenvalue weighted by atomic mass is 9.88. The van der Waals surface area contributed by atoms with E-state index in [-0.39, 0.29) is 0 Å². The molecule has 0 aliphatic heterocycles. The molecule has 0 spiro atoms. The van der Waals surface area contributed by atoms with Gasteiger partial charge in [-0.25, -0.2) is 0 Å². The van der Waals surface area contributed by atoms with Gasteiger partial charge in [0.05, 0.1) is 13.2 Å². The van der Waals surface area contributed by atoms with Crippen LogP contribution in [0.3, 0.4) is 0 Å². The molecule has 1 rings (SSSR count). The molecule has 0 heterocycles. The molecule has 0 saturated carbocycles. The first-order chi connectivity index (χ1) is 8.33. The van der Waals surface area contributed by atoms with Crippen molar-refractivity contribution in [1.29, 1.82) is 0 Å². The van der Waals surface area contributed by atoms with Crippen molar-refractivity contribution in [2.45, 2.75) is 46.1 Å². The zero-order chi connectivity index (χ0) is 13.8. The number of halogens is 1. The topological polar surface area (TPSA) is 29.5 Å². The average molecular weight is 271 g/mol. The molecular formula is C15H23ClO2. The van der Waals surface area contributed by atoms with Crippen LogP contribution in [0.15, 0.2) is 18.2 Å². The SMILES string of the molecule is COc1ccc(Cl)cc1C(O)CCCC(C)(C)C. The zero-order valence-corrected chi connectivity index (χ0v) is 12.4. The van der Waals surface area contributed by atoms with E-state index in [0.29, 0.717) is 16.2 Å². The summed E-state index contributed by atoms with van der Waals surface area (Å²) in [7, 11) is 1.61. The van der Waals surface area contributed by atoms with Crippen LogP contribution >= 0.6 is 11.6 Å². The number of benzene rings is 1. The third kappa shape index (κ3) is 4.87. The summed E-state index contributed by atoms with van der Waals surface area (Å²) < 4.78 is 5.25. The first-order valence-electron chi connectivity index (χ1n) is 6.35. The van der Waals surface area contributed by atoms with Gasteiger partial charge in [-0.2, -0.15) is 0 Å². The molecule has 0 amide bonds. The van der Waals surface area contributed by atoms with Crippen molar-refractivity contribution in [3.8, 4) is 5.75 Å². The Kier molecular flexibility index (Phi) is 5.48. The number of hydrogen-bond acceptors (Lipinski definition) is 2. The van der Waals surface area contributed by atoms with Crippen LogP contribution in [0.4, 0.5) is 0 Å². The highest BCUT2D eigenvalue weighted by Crippen LogP contribution is 2.32. The molecule has 1 unspecified atom stereocenters. The molecule has 0 radical (unpaired) electrons. The lowest BCUT2D eigenvalue weighted by Gasteiger charge is -2.20. The molecule has 18 heavy (non-hydrogen) atoms. The lowest BCUT2D eigenvalue weighted by molar-refractivity contribution is 0.154. The van der Waals surface area contributed by atoms with Crippen molar-refractivity contribution >= 4 is 11.6 Å². The van der Waals surface area contributed by atoms with Gasteiger partial charge >= 0.3 is 0 Å². The molecule has 0 bridgehead atoms. The Morgan fingerprint density at radius 2 is 2.00 bits per heavy atom. The van der Waals surface area contributed by atoms with Crippen LogP contribution < -0.4 is 4.74 Å². The molecular weight excluding hydrogens is 248 g/mol. The second-order valence-electron chi connectivity index (χ2n) is 5.85. The maximum Gasteiger partial charge on any atom is 0.124 e. The fourth-order valence-corrected chi connectivity index (χ4v) is 2.13. The Morgan fingerprint density at radius 1 is 1.33 bits per heavy atom. The predicted octanol–water partition coefficient (Wildman–Crippen LogP) is 4.60. The molecule has 0 saturated heterocycles. The summed E-state index contributed by atoms with van der Waals surface area (Å²) in [6.07, 6.45) is 2.29. The number of methoxy groups -OCH3 is 1. The van der Waals surface area contributed by atoms with Gasteiger partial charge in [0.2, 0.25) is 0 Å². The van der Waals surface area contributed by atoms with E-state index in [1.165, 1.54) is 0 Å². The number of aliphatic hydroxyl groups excluding tert-OH is 1. The van der Waals surface area contributed by atoms with E-state index in [4.69, 9.17) is 16.3 Å².